The summed E-state index contributed by atoms with van der Waals surface area (Å²) in [6.45, 7) is 10.2. The van der Waals surface area contributed by atoms with Gasteiger partial charge in [-0.25, -0.2) is 9.97 Å². The number of carbonyl (C=O) groups excluding carboxylic acids is 1. The number of aryl methyl sites for hydroxylation is 3. The van der Waals surface area contributed by atoms with Crippen molar-refractivity contribution in [2.45, 2.75) is 33.7 Å². The molecule has 2 aromatic rings. The van der Waals surface area contributed by atoms with Crippen molar-refractivity contribution in [2.24, 2.45) is 0 Å². The SMILES string of the molecule is Cc1ccc(C)c(NC(=O)CN(C)C2CN(c3ncnc(C)c3C)C2)c1. The zero-order valence-electron chi connectivity index (χ0n) is 16.2. The average molecular weight is 353 g/mol. The summed E-state index contributed by atoms with van der Waals surface area (Å²) in [5.41, 5.74) is 5.26. The van der Waals surface area contributed by atoms with E-state index in [9.17, 15) is 4.79 Å². The molecule has 0 bridgehead atoms. The van der Waals surface area contributed by atoms with Gasteiger partial charge in [0.2, 0.25) is 5.91 Å². The van der Waals surface area contributed by atoms with Gasteiger partial charge in [-0.2, -0.15) is 0 Å². The van der Waals surface area contributed by atoms with Crippen LogP contribution in [0.3, 0.4) is 0 Å². The van der Waals surface area contributed by atoms with Crippen LogP contribution in [-0.2, 0) is 4.79 Å². The summed E-state index contributed by atoms with van der Waals surface area (Å²) in [4.78, 5) is 25.4. The van der Waals surface area contributed by atoms with Gasteiger partial charge >= 0.3 is 0 Å². The molecule has 0 radical (unpaired) electrons. The Morgan fingerprint density at radius 2 is 1.96 bits per heavy atom. The molecule has 1 saturated heterocycles. The number of likely N-dealkylation sites (N-methyl/N-ethyl adjacent to an activating group) is 1. The van der Waals surface area contributed by atoms with Crippen LogP contribution >= 0.6 is 0 Å². The molecular weight excluding hydrogens is 326 g/mol. The van der Waals surface area contributed by atoms with Crippen molar-refractivity contribution in [1.29, 1.82) is 0 Å². The molecule has 1 aromatic heterocycles. The quantitative estimate of drug-likeness (QED) is 0.895. The highest BCUT2D eigenvalue weighted by atomic mass is 16.2. The van der Waals surface area contributed by atoms with E-state index in [1.807, 2.05) is 40.0 Å². The number of nitrogens with zero attached hydrogens (tertiary/aromatic N) is 4. The Morgan fingerprint density at radius 3 is 2.69 bits per heavy atom. The topological polar surface area (TPSA) is 61.4 Å². The van der Waals surface area contributed by atoms with E-state index in [0.29, 0.717) is 12.6 Å². The summed E-state index contributed by atoms with van der Waals surface area (Å²) in [5.74, 6) is 1.02. The summed E-state index contributed by atoms with van der Waals surface area (Å²) < 4.78 is 0. The molecule has 1 amide bonds. The van der Waals surface area contributed by atoms with Crippen LogP contribution in [0.4, 0.5) is 11.5 Å². The van der Waals surface area contributed by atoms with Crippen LogP contribution in [0.15, 0.2) is 24.5 Å². The highest BCUT2D eigenvalue weighted by Gasteiger charge is 2.32. The summed E-state index contributed by atoms with van der Waals surface area (Å²) in [5, 5.41) is 3.03. The molecule has 2 heterocycles. The van der Waals surface area contributed by atoms with Gasteiger partial charge in [0.25, 0.3) is 0 Å². The zero-order valence-corrected chi connectivity index (χ0v) is 16.2. The third-order valence-electron chi connectivity index (χ3n) is 5.15. The van der Waals surface area contributed by atoms with Crippen molar-refractivity contribution in [3.63, 3.8) is 0 Å². The van der Waals surface area contributed by atoms with Gasteiger partial charge in [0, 0.05) is 36.1 Å². The normalized spacial score (nSPS) is 14.5. The predicted octanol–water partition coefficient (Wildman–Crippen LogP) is 2.47. The maximum Gasteiger partial charge on any atom is 0.238 e. The Labute approximate surface area is 155 Å². The first-order valence-electron chi connectivity index (χ1n) is 8.95. The summed E-state index contributed by atoms with van der Waals surface area (Å²) in [7, 11) is 2.00. The van der Waals surface area contributed by atoms with Crippen molar-refractivity contribution in [1.82, 2.24) is 14.9 Å². The molecule has 3 rings (SSSR count). The fourth-order valence-corrected chi connectivity index (χ4v) is 3.17. The van der Waals surface area contributed by atoms with Crippen LogP contribution < -0.4 is 10.2 Å². The molecule has 0 atom stereocenters. The van der Waals surface area contributed by atoms with Crippen LogP contribution in [0.5, 0.6) is 0 Å². The van der Waals surface area contributed by atoms with Crippen LogP contribution in [-0.4, -0.2) is 53.5 Å². The molecule has 0 unspecified atom stereocenters. The van der Waals surface area contributed by atoms with Crippen LogP contribution in [0, 0.1) is 27.7 Å². The number of carbonyl (C=O) groups is 1. The van der Waals surface area contributed by atoms with Gasteiger partial charge in [-0.3, -0.25) is 9.69 Å². The number of benzene rings is 1. The van der Waals surface area contributed by atoms with Crippen molar-refractivity contribution >= 4 is 17.4 Å². The largest absolute Gasteiger partial charge is 0.353 e. The lowest BCUT2D eigenvalue weighted by Crippen LogP contribution is -2.60. The van der Waals surface area contributed by atoms with Gasteiger partial charge in [-0.1, -0.05) is 12.1 Å². The van der Waals surface area contributed by atoms with Crippen LogP contribution in [0.25, 0.3) is 0 Å². The average Bonchev–Trinajstić information content (AvgIpc) is 2.53. The van der Waals surface area contributed by atoms with Crippen molar-refractivity contribution < 1.29 is 4.79 Å². The van der Waals surface area contributed by atoms with E-state index in [2.05, 4.69) is 38.1 Å². The summed E-state index contributed by atoms with van der Waals surface area (Å²) in [6.07, 6.45) is 1.62. The van der Waals surface area contributed by atoms with E-state index in [4.69, 9.17) is 0 Å². The van der Waals surface area contributed by atoms with Gasteiger partial charge in [-0.15, -0.1) is 0 Å². The Hall–Kier alpha value is -2.47. The molecule has 1 aliphatic heterocycles. The minimum absolute atomic E-state index is 0.0220. The second-order valence-electron chi connectivity index (χ2n) is 7.25. The molecule has 1 N–H and O–H groups in total. The minimum Gasteiger partial charge on any atom is -0.353 e. The zero-order chi connectivity index (χ0) is 18.8. The fourth-order valence-electron chi connectivity index (χ4n) is 3.17. The molecule has 26 heavy (non-hydrogen) atoms. The van der Waals surface area contributed by atoms with Crippen molar-refractivity contribution in [3.05, 3.63) is 46.9 Å². The Bertz CT molecular complexity index is 814. The second-order valence-corrected chi connectivity index (χ2v) is 7.25. The molecule has 6 nitrogen and oxygen atoms in total. The number of nitrogens with one attached hydrogen (secondary N) is 1. The second kappa shape index (κ2) is 7.41. The highest BCUT2D eigenvalue weighted by Crippen LogP contribution is 2.25. The minimum atomic E-state index is 0.0220. The van der Waals surface area contributed by atoms with E-state index in [0.717, 1.165) is 47.0 Å². The molecule has 138 valence electrons. The van der Waals surface area contributed by atoms with Gasteiger partial charge in [0.15, 0.2) is 0 Å². The van der Waals surface area contributed by atoms with Gasteiger partial charge in [0.05, 0.1) is 6.54 Å². The molecule has 1 aromatic carbocycles. The summed E-state index contributed by atoms with van der Waals surface area (Å²) >= 11 is 0. The van der Waals surface area contributed by atoms with E-state index in [-0.39, 0.29) is 5.91 Å². The Morgan fingerprint density at radius 1 is 1.23 bits per heavy atom. The lowest BCUT2D eigenvalue weighted by Gasteiger charge is -2.45. The monoisotopic (exact) mass is 353 g/mol. The van der Waals surface area contributed by atoms with E-state index >= 15 is 0 Å². The number of rotatable bonds is 5. The van der Waals surface area contributed by atoms with Crippen LogP contribution in [0.2, 0.25) is 0 Å². The summed E-state index contributed by atoms with van der Waals surface area (Å²) in [6, 6.07) is 6.45. The van der Waals surface area contributed by atoms with Gasteiger partial charge in [-0.05, 0) is 51.9 Å². The third-order valence-corrected chi connectivity index (χ3v) is 5.15. The number of aromatic nitrogens is 2. The Kier molecular flexibility index (Phi) is 5.23. The molecule has 0 saturated carbocycles. The number of hydrogen-bond acceptors (Lipinski definition) is 5. The van der Waals surface area contributed by atoms with Gasteiger partial charge < -0.3 is 10.2 Å². The van der Waals surface area contributed by atoms with E-state index in [1.54, 1.807) is 6.33 Å². The van der Waals surface area contributed by atoms with E-state index in [1.165, 1.54) is 0 Å². The molecule has 1 fully saturated rings. The first kappa shape index (κ1) is 18.3. The number of hydrogen-bond donors (Lipinski definition) is 1. The molecule has 1 aliphatic rings. The third kappa shape index (κ3) is 3.85. The lowest BCUT2D eigenvalue weighted by molar-refractivity contribution is -0.117. The molecule has 0 spiro atoms. The van der Waals surface area contributed by atoms with E-state index < -0.39 is 0 Å². The molecule has 6 heteroatoms. The first-order valence-corrected chi connectivity index (χ1v) is 8.95. The molecular formula is C20H27N5O. The van der Waals surface area contributed by atoms with Crippen LogP contribution in [0.1, 0.15) is 22.4 Å². The smallest absolute Gasteiger partial charge is 0.238 e. The standard InChI is InChI=1S/C20H27N5O/c1-13-6-7-14(2)18(8-13)23-19(26)11-24(5)17-9-25(10-17)20-15(3)16(4)21-12-22-20/h6-8,12,17H,9-11H2,1-5H3,(H,23,26). The fraction of sp³-hybridized carbons (Fsp3) is 0.450. The predicted molar refractivity (Wildman–Crippen MR) is 105 cm³/mol. The number of amides is 1. The number of anilines is 2. The lowest BCUT2D eigenvalue weighted by atomic mass is 10.1. The maximum absolute atomic E-state index is 12.4. The Balaban J connectivity index is 1.53. The molecule has 0 aliphatic carbocycles. The van der Waals surface area contributed by atoms with Crippen molar-refractivity contribution in [3.8, 4) is 0 Å². The first-order chi connectivity index (χ1) is 12.3. The van der Waals surface area contributed by atoms with Crippen molar-refractivity contribution in [2.75, 3.05) is 36.9 Å². The van der Waals surface area contributed by atoms with Gasteiger partial charge in [0.1, 0.15) is 12.1 Å². The highest BCUT2D eigenvalue weighted by molar-refractivity contribution is 5.93. The maximum atomic E-state index is 12.4.